The Morgan fingerprint density at radius 3 is 2.12 bits per heavy atom. The van der Waals surface area contributed by atoms with Gasteiger partial charge in [0, 0.05) is 42.0 Å². The summed E-state index contributed by atoms with van der Waals surface area (Å²) in [5.74, 6) is 0. The van der Waals surface area contributed by atoms with Gasteiger partial charge in [-0.1, -0.05) is 13.8 Å². The van der Waals surface area contributed by atoms with Gasteiger partial charge < -0.3 is 4.90 Å². The summed E-state index contributed by atoms with van der Waals surface area (Å²) >= 11 is 2.48. The zero-order valence-corrected chi connectivity index (χ0v) is 13.6. The van der Waals surface area contributed by atoms with Crippen molar-refractivity contribution in [3.8, 4) is 0 Å². The lowest BCUT2D eigenvalue weighted by Crippen LogP contribution is -2.54. The fraction of sp³-hybridized carbons (Fsp3) is 1.00. The first-order valence-corrected chi connectivity index (χ1v) is 8.30. The SMILES string of the molecule is CCCN(CCC)C1CC2(CCN(I)CC2)C1. The standard InChI is InChI=1S/C14H27IN2/c1-3-7-16(8-4-2)13-11-14(12-13)5-9-17(15)10-6-14/h13H,3-12H2,1-2H3. The van der Waals surface area contributed by atoms with E-state index >= 15 is 0 Å². The van der Waals surface area contributed by atoms with Crippen LogP contribution < -0.4 is 0 Å². The molecule has 0 aromatic rings. The normalized spacial score (nSPS) is 25.4. The molecule has 0 bridgehead atoms. The van der Waals surface area contributed by atoms with Crippen LogP contribution in [0.1, 0.15) is 52.4 Å². The maximum Gasteiger partial charge on any atom is 0.0201 e. The van der Waals surface area contributed by atoms with Gasteiger partial charge in [-0.25, -0.2) is 3.11 Å². The minimum Gasteiger partial charge on any atom is -0.300 e. The lowest BCUT2D eigenvalue weighted by atomic mass is 9.60. The molecule has 100 valence electrons. The average molecular weight is 350 g/mol. The number of rotatable bonds is 5. The van der Waals surface area contributed by atoms with E-state index in [4.69, 9.17) is 0 Å². The van der Waals surface area contributed by atoms with Crippen molar-refractivity contribution in [3.63, 3.8) is 0 Å². The van der Waals surface area contributed by atoms with Crippen molar-refractivity contribution in [3.05, 3.63) is 0 Å². The van der Waals surface area contributed by atoms with Crippen molar-refractivity contribution < 1.29 is 0 Å². The van der Waals surface area contributed by atoms with E-state index in [1.165, 1.54) is 64.7 Å². The lowest BCUT2D eigenvalue weighted by molar-refractivity contribution is -0.0282. The van der Waals surface area contributed by atoms with E-state index in [9.17, 15) is 0 Å². The van der Waals surface area contributed by atoms with Crippen LogP contribution in [0.4, 0.5) is 0 Å². The zero-order chi connectivity index (χ0) is 12.3. The van der Waals surface area contributed by atoms with Crippen molar-refractivity contribution in [1.82, 2.24) is 8.01 Å². The molecule has 1 aliphatic carbocycles. The molecule has 0 atom stereocenters. The summed E-state index contributed by atoms with van der Waals surface area (Å²) in [6.45, 7) is 9.88. The predicted octanol–water partition coefficient (Wildman–Crippen LogP) is 3.70. The summed E-state index contributed by atoms with van der Waals surface area (Å²) in [5.41, 5.74) is 0.742. The fourth-order valence-electron chi connectivity index (χ4n) is 3.61. The summed E-state index contributed by atoms with van der Waals surface area (Å²) in [4.78, 5) is 2.75. The molecule has 1 spiro atoms. The van der Waals surface area contributed by atoms with Crippen LogP contribution in [0.25, 0.3) is 0 Å². The Balaban J connectivity index is 1.79. The van der Waals surface area contributed by atoms with Crippen LogP contribution >= 0.6 is 22.9 Å². The van der Waals surface area contributed by atoms with Crippen LogP contribution in [0.15, 0.2) is 0 Å². The van der Waals surface area contributed by atoms with E-state index in [1.54, 1.807) is 0 Å². The van der Waals surface area contributed by atoms with Crippen molar-refractivity contribution in [1.29, 1.82) is 0 Å². The molecule has 0 amide bonds. The van der Waals surface area contributed by atoms with Gasteiger partial charge in [-0.05, 0) is 57.0 Å². The van der Waals surface area contributed by atoms with Crippen LogP contribution in [-0.2, 0) is 0 Å². The summed E-state index contributed by atoms with van der Waals surface area (Å²) in [5, 5.41) is 0. The van der Waals surface area contributed by atoms with Gasteiger partial charge in [-0.15, -0.1) is 0 Å². The van der Waals surface area contributed by atoms with Crippen LogP contribution in [0, 0.1) is 5.41 Å². The first kappa shape index (κ1) is 14.1. The van der Waals surface area contributed by atoms with Crippen molar-refractivity contribution >= 4 is 22.9 Å². The number of hydrogen-bond donors (Lipinski definition) is 0. The van der Waals surface area contributed by atoms with E-state index in [0.29, 0.717) is 0 Å². The Labute approximate surface area is 121 Å². The Kier molecular flexibility index (Phi) is 5.13. The molecule has 2 aliphatic rings. The molecule has 2 fully saturated rings. The Bertz CT molecular complexity index is 222. The zero-order valence-electron chi connectivity index (χ0n) is 11.4. The van der Waals surface area contributed by atoms with E-state index in [2.05, 4.69) is 44.7 Å². The van der Waals surface area contributed by atoms with Crippen LogP contribution in [0.3, 0.4) is 0 Å². The van der Waals surface area contributed by atoms with Crippen LogP contribution in [0.5, 0.6) is 0 Å². The molecule has 3 heteroatoms. The number of piperidine rings is 1. The Morgan fingerprint density at radius 2 is 1.65 bits per heavy atom. The molecular formula is C14H27IN2. The second kappa shape index (κ2) is 6.20. The smallest absolute Gasteiger partial charge is 0.0201 e. The summed E-state index contributed by atoms with van der Waals surface area (Å²) in [6.07, 6.45) is 8.47. The van der Waals surface area contributed by atoms with E-state index < -0.39 is 0 Å². The highest BCUT2D eigenvalue weighted by Gasteiger charge is 2.47. The second-order valence-electron chi connectivity index (χ2n) is 6.01. The summed E-state index contributed by atoms with van der Waals surface area (Å²) in [7, 11) is 0. The quantitative estimate of drug-likeness (QED) is 0.551. The molecule has 1 saturated heterocycles. The number of nitrogens with zero attached hydrogens (tertiary/aromatic N) is 2. The first-order valence-electron chi connectivity index (χ1n) is 7.34. The Morgan fingerprint density at radius 1 is 1.12 bits per heavy atom. The van der Waals surface area contributed by atoms with E-state index in [0.717, 1.165) is 11.5 Å². The van der Waals surface area contributed by atoms with Crippen molar-refractivity contribution in [2.24, 2.45) is 5.41 Å². The molecule has 0 aromatic carbocycles. The van der Waals surface area contributed by atoms with Gasteiger partial charge in [-0.2, -0.15) is 0 Å². The number of hydrogen-bond acceptors (Lipinski definition) is 2. The molecule has 0 radical (unpaired) electrons. The predicted molar refractivity (Wildman–Crippen MR) is 82.4 cm³/mol. The topological polar surface area (TPSA) is 6.48 Å². The van der Waals surface area contributed by atoms with E-state index in [1.807, 2.05) is 0 Å². The molecule has 1 aliphatic heterocycles. The van der Waals surface area contributed by atoms with Gasteiger partial charge in [0.15, 0.2) is 0 Å². The third kappa shape index (κ3) is 3.35. The van der Waals surface area contributed by atoms with Crippen LogP contribution in [-0.4, -0.2) is 40.2 Å². The van der Waals surface area contributed by atoms with Gasteiger partial charge in [0.05, 0.1) is 0 Å². The van der Waals surface area contributed by atoms with Gasteiger partial charge in [-0.3, -0.25) is 0 Å². The van der Waals surface area contributed by atoms with Crippen molar-refractivity contribution in [2.75, 3.05) is 26.2 Å². The molecule has 0 N–H and O–H groups in total. The maximum atomic E-state index is 2.75. The minimum absolute atomic E-state index is 0.742. The third-order valence-electron chi connectivity index (χ3n) is 4.64. The molecule has 2 rings (SSSR count). The molecule has 2 nitrogen and oxygen atoms in total. The largest absolute Gasteiger partial charge is 0.300 e. The highest BCUT2D eigenvalue weighted by atomic mass is 127. The molecule has 1 saturated carbocycles. The number of halogens is 1. The molecule has 0 unspecified atom stereocenters. The highest BCUT2D eigenvalue weighted by Crippen LogP contribution is 2.51. The molecule has 1 heterocycles. The minimum atomic E-state index is 0.742. The molecule has 0 aromatic heterocycles. The van der Waals surface area contributed by atoms with Gasteiger partial charge >= 0.3 is 0 Å². The van der Waals surface area contributed by atoms with Gasteiger partial charge in [0.25, 0.3) is 0 Å². The molecule has 17 heavy (non-hydrogen) atoms. The summed E-state index contributed by atoms with van der Waals surface area (Å²) < 4.78 is 2.46. The third-order valence-corrected chi connectivity index (χ3v) is 5.61. The Hall–Kier alpha value is 0.650. The van der Waals surface area contributed by atoms with E-state index in [-0.39, 0.29) is 0 Å². The average Bonchev–Trinajstić information content (AvgIpc) is 2.27. The molecular weight excluding hydrogens is 323 g/mol. The summed E-state index contributed by atoms with van der Waals surface area (Å²) in [6, 6.07) is 0.913. The first-order chi connectivity index (χ1) is 8.19. The van der Waals surface area contributed by atoms with Gasteiger partial charge in [0.2, 0.25) is 0 Å². The highest BCUT2D eigenvalue weighted by molar-refractivity contribution is 14.1. The second-order valence-corrected chi connectivity index (χ2v) is 7.37. The maximum absolute atomic E-state index is 2.75. The lowest BCUT2D eigenvalue weighted by Gasteiger charge is -2.54. The van der Waals surface area contributed by atoms with Gasteiger partial charge in [0.1, 0.15) is 0 Å². The van der Waals surface area contributed by atoms with Crippen LogP contribution in [0.2, 0.25) is 0 Å². The van der Waals surface area contributed by atoms with Crippen molar-refractivity contribution in [2.45, 2.75) is 58.4 Å². The monoisotopic (exact) mass is 350 g/mol. The fourth-order valence-corrected chi connectivity index (χ4v) is 4.09.